The molecule has 1 fully saturated rings. The number of nitrogens with zero attached hydrogens (tertiary/aromatic N) is 2. The lowest BCUT2D eigenvalue weighted by atomic mass is 9.81. The maximum absolute atomic E-state index is 13.6. The number of likely N-dealkylation sites (tertiary alicyclic amines) is 1. The first-order chi connectivity index (χ1) is 15.2. The molecule has 0 saturated carbocycles. The van der Waals surface area contributed by atoms with E-state index in [4.69, 9.17) is 16.9 Å². The number of alkyl halides is 3. The number of rotatable bonds is 8. The van der Waals surface area contributed by atoms with Gasteiger partial charge in [0, 0.05) is 19.5 Å². The molecule has 1 heterocycles. The molecule has 170 valence electrons. The van der Waals surface area contributed by atoms with Crippen molar-refractivity contribution >= 4 is 17.5 Å². The molecule has 2 aromatic rings. The van der Waals surface area contributed by atoms with Crippen LogP contribution in [0.3, 0.4) is 0 Å². The van der Waals surface area contributed by atoms with E-state index in [0.29, 0.717) is 42.9 Å². The minimum absolute atomic E-state index is 0.00388. The van der Waals surface area contributed by atoms with E-state index in [2.05, 4.69) is 0 Å². The zero-order chi connectivity index (χ0) is 23.3. The van der Waals surface area contributed by atoms with Gasteiger partial charge < -0.3 is 4.90 Å². The molecule has 3 nitrogen and oxygen atoms in total. The first-order valence-electron chi connectivity index (χ1n) is 10.8. The van der Waals surface area contributed by atoms with Crippen molar-refractivity contribution in [3.8, 4) is 6.07 Å². The minimum Gasteiger partial charge on any atom is -0.342 e. The van der Waals surface area contributed by atoms with Gasteiger partial charge in [0.1, 0.15) is 6.07 Å². The van der Waals surface area contributed by atoms with Gasteiger partial charge in [0.15, 0.2) is 0 Å². The van der Waals surface area contributed by atoms with Gasteiger partial charge in [0.25, 0.3) is 0 Å². The highest BCUT2D eigenvalue weighted by Gasteiger charge is 2.37. The van der Waals surface area contributed by atoms with Gasteiger partial charge in [-0.1, -0.05) is 42.8 Å². The lowest BCUT2D eigenvalue weighted by Crippen LogP contribution is -2.27. The number of carbonyl (C=O) groups is 1. The summed E-state index contributed by atoms with van der Waals surface area (Å²) in [5, 5.41) is 9.43. The Bertz CT molecular complexity index is 999. The van der Waals surface area contributed by atoms with E-state index >= 15 is 0 Å². The Balaban J connectivity index is 1.83. The van der Waals surface area contributed by atoms with Gasteiger partial charge in [-0.25, -0.2) is 0 Å². The normalized spacial score (nSPS) is 17.4. The van der Waals surface area contributed by atoms with Crippen molar-refractivity contribution in [3.05, 3.63) is 69.7 Å². The van der Waals surface area contributed by atoms with Crippen molar-refractivity contribution in [3.63, 3.8) is 0 Å². The van der Waals surface area contributed by atoms with Crippen molar-refractivity contribution < 1.29 is 18.0 Å². The quantitative estimate of drug-likeness (QED) is 0.463. The Labute approximate surface area is 191 Å². The van der Waals surface area contributed by atoms with Gasteiger partial charge in [0.2, 0.25) is 5.91 Å². The second kappa shape index (κ2) is 10.4. The lowest BCUT2D eigenvalue weighted by molar-refractivity contribution is -0.138. The van der Waals surface area contributed by atoms with E-state index in [1.54, 1.807) is 18.2 Å². The predicted molar refractivity (Wildman–Crippen MR) is 118 cm³/mol. The fourth-order valence-electron chi connectivity index (χ4n) is 4.52. The number of hydrogen-bond acceptors (Lipinski definition) is 2. The summed E-state index contributed by atoms with van der Waals surface area (Å²) in [6.07, 6.45) is -1.69. The van der Waals surface area contributed by atoms with Crippen LogP contribution >= 0.6 is 11.6 Å². The number of carbonyl (C=O) groups excluding carboxylic acids is 1. The van der Waals surface area contributed by atoms with Crippen LogP contribution < -0.4 is 0 Å². The Morgan fingerprint density at radius 1 is 1.25 bits per heavy atom. The highest BCUT2D eigenvalue weighted by atomic mass is 35.5. The highest BCUT2D eigenvalue weighted by Crippen LogP contribution is 2.37. The number of benzene rings is 2. The van der Waals surface area contributed by atoms with Crippen LogP contribution in [0.4, 0.5) is 13.2 Å². The molecular weight excluding hydrogens is 437 g/mol. The molecule has 7 heteroatoms. The van der Waals surface area contributed by atoms with Gasteiger partial charge in [0.05, 0.1) is 16.1 Å². The van der Waals surface area contributed by atoms with Gasteiger partial charge in [-0.05, 0) is 66.8 Å². The van der Waals surface area contributed by atoms with E-state index in [9.17, 15) is 18.0 Å². The lowest BCUT2D eigenvalue weighted by Gasteiger charge is -2.25. The largest absolute Gasteiger partial charge is 0.416 e. The van der Waals surface area contributed by atoms with Crippen molar-refractivity contribution in [1.82, 2.24) is 4.90 Å². The molecule has 2 atom stereocenters. The number of halogens is 4. The van der Waals surface area contributed by atoms with Gasteiger partial charge in [-0.15, -0.1) is 0 Å². The van der Waals surface area contributed by atoms with Gasteiger partial charge in [-0.3, -0.25) is 4.79 Å². The fourth-order valence-corrected chi connectivity index (χ4v) is 4.77. The smallest absolute Gasteiger partial charge is 0.342 e. The maximum Gasteiger partial charge on any atom is 0.416 e. The summed E-state index contributed by atoms with van der Waals surface area (Å²) in [5.74, 6) is -0.00436. The molecule has 2 aromatic carbocycles. The highest BCUT2D eigenvalue weighted by molar-refractivity contribution is 6.31. The summed E-state index contributed by atoms with van der Waals surface area (Å²) in [7, 11) is 0. The molecule has 0 aromatic heterocycles. The average Bonchev–Trinajstić information content (AvgIpc) is 3.11. The van der Waals surface area contributed by atoms with Crippen molar-refractivity contribution in [2.24, 2.45) is 11.8 Å². The average molecular weight is 463 g/mol. The van der Waals surface area contributed by atoms with Gasteiger partial charge >= 0.3 is 6.18 Å². The topological polar surface area (TPSA) is 44.1 Å². The number of aryl methyl sites for hydroxylation is 1. The minimum atomic E-state index is -4.42. The van der Waals surface area contributed by atoms with E-state index in [1.807, 2.05) is 24.0 Å². The molecule has 32 heavy (non-hydrogen) atoms. The molecule has 1 saturated heterocycles. The molecule has 0 radical (unpaired) electrons. The van der Waals surface area contributed by atoms with Gasteiger partial charge in [-0.2, -0.15) is 18.4 Å². The number of amides is 1. The van der Waals surface area contributed by atoms with Crippen LogP contribution in [0.2, 0.25) is 5.02 Å². The van der Waals surface area contributed by atoms with E-state index in [-0.39, 0.29) is 29.7 Å². The summed E-state index contributed by atoms with van der Waals surface area (Å²) in [6.45, 7) is 3.26. The van der Waals surface area contributed by atoms with Crippen LogP contribution in [0, 0.1) is 23.2 Å². The standard InChI is InChI=1S/C25H26ClF3N2O/c1-2-11-31-16-21(14-24(31)32)18(9-7-17-8-10-20(15-30)23(26)12-17)13-19-5-3-4-6-22(19)25(27,28)29/h3-6,8,10,12,18,21H,2,7,9,11,13-14,16H2,1H3/t18?,21-/m0/s1. The van der Waals surface area contributed by atoms with Crippen molar-refractivity contribution in [1.29, 1.82) is 5.26 Å². The second-order valence-electron chi connectivity index (χ2n) is 8.39. The van der Waals surface area contributed by atoms with Crippen LogP contribution in [0.1, 0.15) is 48.4 Å². The molecule has 1 unspecified atom stereocenters. The zero-order valence-electron chi connectivity index (χ0n) is 18.0. The van der Waals surface area contributed by atoms with Crippen LogP contribution in [-0.2, 0) is 23.8 Å². The second-order valence-corrected chi connectivity index (χ2v) is 8.79. The summed E-state index contributed by atoms with van der Waals surface area (Å²) in [5.41, 5.74) is 0.978. The first kappa shape index (κ1) is 24.1. The van der Waals surface area contributed by atoms with E-state index in [1.165, 1.54) is 12.1 Å². The molecule has 0 spiro atoms. The first-order valence-corrected chi connectivity index (χ1v) is 11.2. The molecule has 0 bridgehead atoms. The monoisotopic (exact) mass is 462 g/mol. The van der Waals surface area contributed by atoms with Crippen LogP contribution in [-0.4, -0.2) is 23.9 Å². The predicted octanol–water partition coefficient (Wildman–Crippen LogP) is 6.28. The maximum atomic E-state index is 13.6. The SMILES string of the molecule is CCCN1C[C@@H](C(CCc2ccc(C#N)c(Cl)c2)Cc2ccccc2C(F)(F)F)CC1=O. The zero-order valence-corrected chi connectivity index (χ0v) is 18.7. The molecule has 3 rings (SSSR count). The molecule has 0 N–H and O–H groups in total. The molecular formula is C25H26ClF3N2O. The number of hydrogen-bond donors (Lipinski definition) is 0. The van der Waals surface area contributed by atoms with Crippen LogP contribution in [0.25, 0.3) is 0 Å². The van der Waals surface area contributed by atoms with E-state index < -0.39 is 11.7 Å². The van der Waals surface area contributed by atoms with Crippen LogP contribution in [0.5, 0.6) is 0 Å². The third-order valence-electron chi connectivity index (χ3n) is 6.17. The molecule has 0 aliphatic carbocycles. The third-order valence-corrected chi connectivity index (χ3v) is 6.48. The van der Waals surface area contributed by atoms with Crippen LogP contribution in [0.15, 0.2) is 42.5 Å². The summed E-state index contributed by atoms with van der Waals surface area (Å²) in [4.78, 5) is 14.3. The molecule has 1 amide bonds. The summed E-state index contributed by atoms with van der Waals surface area (Å²) in [6, 6.07) is 12.9. The summed E-state index contributed by atoms with van der Waals surface area (Å²) < 4.78 is 40.7. The third kappa shape index (κ3) is 5.83. The Morgan fingerprint density at radius 3 is 2.66 bits per heavy atom. The number of nitriles is 1. The van der Waals surface area contributed by atoms with Crippen molar-refractivity contribution in [2.75, 3.05) is 13.1 Å². The fraction of sp³-hybridized carbons (Fsp3) is 0.440. The molecule has 1 aliphatic heterocycles. The molecule has 1 aliphatic rings. The summed E-state index contributed by atoms with van der Waals surface area (Å²) >= 11 is 6.15. The Morgan fingerprint density at radius 2 is 2.00 bits per heavy atom. The Hall–Kier alpha value is -2.52. The van der Waals surface area contributed by atoms with Crippen molar-refractivity contribution in [2.45, 2.75) is 45.2 Å². The van der Waals surface area contributed by atoms with E-state index in [0.717, 1.165) is 18.1 Å². The Kier molecular flexibility index (Phi) is 7.84.